The standard InChI is InChI=1S/C15H10F3N/c16-15(17,18)14-8-4-3-7-13(14)12-6-2-1-5-11(12)9-10-19/h1-8H,9H2. The molecule has 1 nitrogen and oxygen atoms in total. The average Bonchev–Trinajstić information content (AvgIpc) is 2.39. The summed E-state index contributed by atoms with van der Waals surface area (Å²) in [6, 6.07) is 14.0. The summed E-state index contributed by atoms with van der Waals surface area (Å²) in [5.41, 5.74) is 0.486. The second-order valence-corrected chi connectivity index (χ2v) is 4.04. The Morgan fingerprint density at radius 3 is 2.11 bits per heavy atom. The molecule has 0 aliphatic carbocycles. The van der Waals surface area contributed by atoms with Gasteiger partial charge in [0.05, 0.1) is 18.1 Å². The van der Waals surface area contributed by atoms with Crippen molar-refractivity contribution in [2.45, 2.75) is 12.6 Å². The smallest absolute Gasteiger partial charge is 0.198 e. The molecule has 0 unspecified atom stereocenters. The second-order valence-electron chi connectivity index (χ2n) is 4.04. The van der Waals surface area contributed by atoms with Gasteiger partial charge in [0.25, 0.3) is 0 Å². The first-order valence-corrected chi connectivity index (χ1v) is 5.65. The van der Waals surface area contributed by atoms with Crippen LogP contribution in [0.3, 0.4) is 0 Å². The number of benzene rings is 2. The van der Waals surface area contributed by atoms with Crippen molar-refractivity contribution in [2.75, 3.05) is 0 Å². The quantitative estimate of drug-likeness (QED) is 0.784. The van der Waals surface area contributed by atoms with Crippen LogP contribution in [0.15, 0.2) is 48.5 Å². The second kappa shape index (κ2) is 5.15. The van der Waals surface area contributed by atoms with Crippen molar-refractivity contribution in [2.24, 2.45) is 0 Å². The maximum atomic E-state index is 13.0. The largest absolute Gasteiger partial charge is 0.417 e. The Hall–Kier alpha value is -2.28. The lowest BCUT2D eigenvalue weighted by atomic mass is 9.94. The van der Waals surface area contributed by atoms with E-state index in [0.29, 0.717) is 11.1 Å². The summed E-state index contributed by atoms with van der Waals surface area (Å²) in [4.78, 5) is 0. The highest BCUT2D eigenvalue weighted by Crippen LogP contribution is 2.38. The Labute approximate surface area is 108 Å². The summed E-state index contributed by atoms with van der Waals surface area (Å²) in [5.74, 6) is 0. The lowest BCUT2D eigenvalue weighted by Gasteiger charge is -2.14. The van der Waals surface area contributed by atoms with Gasteiger partial charge in [0.1, 0.15) is 0 Å². The SMILES string of the molecule is N#CCc1ccccc1-c1ccccc1C(F)(F)F. The van der Waals surface area contributed by atoms with Gasteiger partial charge in [-0.05, 0) is 22.8 Å². The van der Waals surface area contributed by atoms with E-state index in [1.165, 1.54) is 12.1 Å². The first-order valence-electron chi connectivity index (χ1n) is 5.65. The van der Waals surface area contributed by atoms with Crippen molar-refractivity contribution >= 4 is 0 Å². The number of rotatable bonds is 2. The molecular weight excluding hydrogens is 251 g/mol. The number of alkyl halides is 3. The van der Waals surface area contributed by atoms with E-state index in [1.807, 2.05) is 6.07 Å². The molecule has 2 aromatic carbocycles. The maximum Gasteiger partial charge on any atom is 0.417 e. The summed E-state index contributed by atoms with van der Waals surface area (Å²) >= 11 is 0. The van der Waals surface area contributed by atoms with Crippen molar-refractivity contribution in [3.8, 4) is 17.2 Å². The molecule has 0 saturated carbocycles. The van der Waals surface area contributed by atoms with Gasteiger partial charge in [-0.2, -0.15) is 18.4 Å². The molecule has 0 spiro atoms. The van der Waals surface area contributed by atoms with E-state index in [0.717, 1.165) is 6.07 Å². The van der Waals surface area contributed by atoms with Gasteiger partial charge >= 0.3 is 6.18 Å². The van der Waals surface area contributed by atoms with Gasteiger partial charge in [-0.1, -0.05) is 42.5 Å². The molecule has 0 amide bonds. The van der Waals surface area contributed by atoms with E-state index >= 15 is 0 Å². The third-order valence-corrected chi connectivity index (χ3v) is 2.81. The molecule has 0 fully saturated rings. The first kappa shape index (κ1) is 13.2. The molecule has 4 heteroatoms. The average molecular weight is 261 g/mol. The van der Waals surface area contributed by atoms with Gasteiger partial charge in [-0.15, -0.1) is 0 Å². The summed E-state index contributed by atoms with van der Waals surface area (Å²) in [6.07, 6.45) is -4.32. The topological polar surface area (TPSA) is 23.8 Å². The van der Waals surface area contributed by atoms with Crippen molar-refractivity contribution in [1.82, 2.24) is 0 Å². The fraction of sp³-hybridized carbons (Fsp3) is 0.133. The highest BCUT2D eigenvalue weighted by molar-refractivity contribution is 5.71. The van der Waals surface area contributed by atoms with Gasteiger partial charge in [-0.3, -0.25) is 0 Å². The van der Waals surface area contributed by atoms with Gasteiger partial charge in [-0.25, -0.2) is 0 Å². The minimum Gasteiger partial charge on any atom is -0.198 e. The highest BCUT2D eigenvalue weighted by Gasteiger charge is 2.33. The van der Waals surface area contributed by atoms with Crippen LogP contribution < -0.4 is 0 Å². The zero-order valence-corrected chi connectivity index (χ0v) is 9.91. The Morgan fingerprint density at radius 1 is 0.895 bits per heavy atom. The van der Waals surface area contributed by atoms with E-state index in [9.17, 15) is 13.2 Å². The normalized spacial score (nSPS) is 11.1. The van der Waals surface area contributed by atoms with Crippen LogP contribution in [0.1, 0.15) is 11.1 Å². The molecule has 0 N–H and O–H groups in total. The van der Waals surface area contributed by atoms with E-state index in [4.69, 9.17) is 5.26 Å². The third-order valence-electron chi connectivity index (χ3n) is 2.81. The zero-order chi connectivity index (χ0) is 13.9. The molecular formula is C15H10F3N. The molecule has 0 radical (unpaired) electrons. The minimum absolute atomic E-state index is 0.0857. The monoisotopic (exact) mass is 261 g/mol. The van der Waals surface area contributed by atoms with Crippen molar-refractivity contribution in [3.63, 3.8) is 0 Å². The van der Waals surface area contributed by atoms with E-state index in [-0.39, 0.29) is 12.0 Å². The number of nitriles is 1. The number of halogens is 3. The summed E-state index contributed by atoms with van der Waals surface area (Å²) in [5, 5.41) is 8.75. The molecule has 0 aromatic heterocycles. The van der Waals surface area contributed by atoms with Crippen molar-refractivity contribution in [1.29, 1.82) is 5.26 Å². The van der Waals surface area contributed by atoms with Crippen LogP contribution in [-0.4, -0.2) is 0 Å². The van der Waals surface area contributed by atoms with Gasteiger partial charge < -0.3 is 0 Å². The van der Waals surface area contributed by atoms with Crippen LogP contribution in [0.2, 0.25) is 0 Å². The molecule has 0 aliphatic rings. The number of hydrogen-bond donors (Lipinski definition) is 0. The van der Waals surface area contributed by atoms with E-state index in [1.54, 1.807) is 30.3 Å². The van der Waals surface area contributed by atoms with Gasteiger partial charge in [0, 0.05) is 0 Å². The summed E-state index contributed by atoms with van der Waals surface area (Å²) in [7, 11) is 0. The summed E-state index contributed by atoms with van der Waals surface area (Å²) < 4.78 is 39.0. The molecule has 0 bridgehead atoms. The molecule has 0 aliphatic heterocycles. The van der Waals surface area contributed by atoms with Gasteiger partial charge in [0.15, 0.2) is 0 Å². The van der Waals surface area contributed by atoms with Crippen LogP contribution in [0.5, 0.6) is 0 Å². The van der Waals surface area contributed by atoms with E-state index in [2.05, 4.69) is 0 Å². The van der Waals surface area contributed by atoms with Gasteiger partial charge in [0.2, 0.25) is 0 Å². The van der Waals surface area contributed by atoms with Crippen molar-refractivity contribution in [3.05, 3.63) is 59.7 Å². The van der Waals surface area contributed by atoms with Crippen LogP contribution in [0.25, 0.3) is 11.1 Å². The first-order chi connectivity index (χ1) is 9.04. The highest BCUT2D eigenvalue weighted by atomic mass is 19.4. The van der Waals surface area contributed by atoms with Crippen LogP contribution >= 0.6 is 0 Å². The zero-order valence-electron chi connectivity index (χ0n) is 9.91. The maximum absolute atomic E-state index is 13.0. The predicted octanol–water partition coefficient (Wildman–Crippen LogP) is 4.44. The molecule has 19 heavy (non-hydrogen) atoms. The lowest BCUT2D eigenvalue weighted by Crippen LogP contribution is -2.07. The molecule has 2 rings (SSSR count). The Kier molecular flexibility index (Phi) is 3.57. The van der Waals surface area contributed by atoms with Crippen molar-refractivity contribution < 1.29 is 13.2 Å². The summed E-state index contributed by atoms with van der Waals surface area (Å²) in [6.45, 7) is 0. The Balaban J connectivity index is 2.64. The molecule has 0 heterocycles. The minimum atomic E-state index is -4.41. The molecule has 0 saturated heterocycles. The molecule has 2 aromatic rings. The number of hydrogen-bond acceptors (Lipinski definition) is 1. The predicted molar refractivity (Wildman–Crippen MR) is 66.2 cm³/mol. The third kappa shape index (κ3) is 2.76. The lowest BCUT2D eigenvalue weighted by molar-refractivity contribution is -0.137. The molecule has 0 atom stereocenters. The van der Waals surface area contributed by atoms with E-state index < -0.39 is 11.7 Å². The van der Waals surface area contributed by atoms with Crippen LogP contribution in [0, 0.1) is 11.3 Å². The molecule has 96 valence electrons. The Bertz CT molecular complexity index is 624. The fourth-order valence-corrected chi connectivity index (χ4v) is 1.99. The van der Waals surface area contributed by atoms with Crippen LogP contribution in [0.4, 0.5) is 13.2 Å². The number of nitrogens with zero attached hydrogens (tertiary/aromatic N) is 1. The fourth-order valence-electron chi connectivity index (χ4n) is 1.99. The Morgan fingerprint density at radius 2 is 1.47 bits per heavy atom. The van der Waals surface area contributed by atoms with Crippen LogP contribution in [-0.2, 0) is 12.6 Å².